The summed E-state index contributed by atoms with van der Waals surface area (Å²) in [5.41, 5.74) is 1.18. The van der Waals surface area contributed by atoms with E-state index >= 15 is 0 Å². The molecule has 0 saturated carbocycles. The molecule has 0 fully saturated rings. The normalized spacial score (nSPS) is 9.69. The SMILES string of the molecule is CCC(=O)Nc1ccc(CC)cn1. The van der Waals surface area contributed by atoms with Crippen LogP contribution in [0.3, 0.4) is 0 Å². The van der Waals surface area contributed by atoms with Crippen LogP contribution >= 0.6 is 0 Å². The van der Waals surface area contributed by atoms with Crippen LogP contribution in [0.2, 0.25) is 0 Å². The molecule has 1 rings (SSSR count). The van der Waals surface area contributed by atoms with E-state index in [1.165, 1.54) is 5.56 Å². The van der Waals surface area contributed by atoms with Gasteiger partial charge in [0, 0.05) is 12.6 Å². The van der Waals surface area contributed by atoms with Crippen molar-refractivity contribution < 1.29 is 4.79 Å². The summed E-state index contributed by atoms with van der Waals surface area (Å²) >= 11 is 0. The highest BCUT2D eigenvalue weighted by molar-refractivity contribution is 5.89. The molecule has 1 N–H and O–H groups in total. The summed E-state index contributed by atoms with van der Waals surface area (Å²) in [4.78, 5) is 15.1. The van der Waals surface area contributed by atoms with Gasteiger partial charge in [-0.25, -0.2) is 4.98 Å². The molecule has 1 aromatic rings. The van der Waals surface area contributed by atoms with Gasteiger partial charge >= 0.3 is 0 Å². The smallest absolute Gasteiger partial charge is 0.225 e. The first-order valence-corrected chi connectivity index (χ1v) is 4.51. The van der Waals surface area contributed by atoms with Crippen LogP contribution in [0.5, 0.6) is 0 Å². The Bertz CT molecular complexity index is 279. The molecule has 1 aromatic heterocycles. The molecule has 13 heavy (non-hydrogen) atoms. The number of rotatable bonds is 3. The number of carbonyl (C=O) groups is 1. The molecule has 0 spiro atoms. The Hall–Kier alpha value is -1.38. The van der Waals surface area contributed by atoms with E-state index in [2.05, 4.69) is 17.2 Å². The molecule has 0 unspecified atom stereocenters. The summed E-state index contributed by atoms with van der Waals surface area (Å²) in [6, 6.07) is 3.80. The van der Waals surface area contributed by atoms with Crippen LogP contribution in [0, 0.1) is 0 Å². The van der Waals surface area contributed by atoms with E-state index in [0.29, 0.717) is 12.2 Å². The zero-order chi connectivity index (χ0) is 9.68. The van der Waals surface area contributed by atoms with E-state index in [1.807, 2.05) is 19.1 Å². The number of aromatic nitrogens is 1. The largest absolute Gasteiger partial charge is 0.311 e. The van der Waals surface area contributed by atoms with Crippen molar-refractivity contribution in [3.63, 3.8) is 0 Å². The number of carbonyl (C=O) groups excluding carboxylic acids is 1. The highest BCUT2D eigenvalue weighted by Crippen LogP contribution is 2.05. The molecule has 1 heterocycles. The molecule has 0 aliphatic carbocycles. The monoisotopic (exact) mass is 178 g/mol. The maximum atomic E-state index is 11.0. The molecule has 3 nitrogen and oxygen atoms in total. The lowest BCUT2D eigenvalue weighted by Crippen LogP contribution is -2.10. The van der Waals surface area contributed by atoms with Crippen LogP contribution in [0.15, 0.2) is 18.3 Å². The van der Waals surface area contributed by atoms with Gasteiger partial charge in [-0.15, -0.1) is 0 Å². The fraction of sp³-hybridized carbons (Fsp3) is 0.400. The first-order valence-electron chi connectivity index (χ1n) is 4.51. The summed E-state index contributed by atoms with van der Waals surface area (Å²) in [6.07, 6.45) is 3.23. The lowest BCUT2D eigenvalue weighted by atomic mass is 10.2. The molecule has 3 heteroatoms. The molecule has 1 amide bonds. The summed E-state index contributed by atoms with van der Waals surface area (Å²) in [6.45, 7) is 3.89. The van der Waals surface area contributed by atoms with E-state index in [4.69, 9.17) is 0 Å². The number of anilines is 1. The van der Waals surface area contributed by atoms with Crippen molar-refractivity contribution in [1.29, 1.82) is 0 Å². The van der Waals surface area contributed by atoms with Gasteiger partial charge in [-0.05, 0) is 18.1 Å². The van der Waals surface area contributed by atoms with Gasteiger partial charge in [0.05, 0.1) is 0 Å². The molecule has 0 aliphatic heterocycles. The van der Waals surface area contributed by atoms with Gasteiger partial charge < -0.3 is 5.32 Å². The zero-order valence-corrected chi connectivity index (χ0v) is 8.00. The number of hydrogen-bond donors (Lipinski definition) is 1. The number of hydrogen-bond acceptors (Lipinski definition) is 2. The van der Waals surface area contributed by atoms with Crippen LogP contribution in [0.4, 0.5) is 5.82 Å². The average molecular weight is 178 g/mol. The van der Waals surface area contributed by atoms with Crippen molar-refractivity contribution in [2.45, 2.75) is 26.7 Å². The Balaban J connectivity index is 2.64. The van der Waals surface area contributed by atoms with Crippen LogP contribution < -0.4 is 5.32 Å². The maximum absolute atomic E-state index is 11.0. The van der Waals surface area contributed by atoms with Crippen LogP contribution in [-0.4, -0.2) is 10.9 Å². The maximum Gasteiger partial charge on any atom is 0.225 e. The third-order valence-electron chi connectivity index (χ3n) is 1.82. The van der Waals surface area contributed by atoms with Gasteiger partial charge in [0.2, 0.25) is 5.91 Å². The van der Waals surface area contributed by atoms with E-state index in [9.17, 15) is 4.79 Å². The minimum absolute atomic E-state index is 0.00301. The minimum Gasteiger partial charge on any atom is -0.311 e. The number of nitrogens with zero attached hydrogens (tertiary/aromatic N) is 1. The predicted molar refractivity (Wildman–Crippen MR) is 52.5 cm³/mol. The Morgan fingerprint density at radius 1 is 1.46 bits per heavy atom. The molecule has 0 atom stereocenters. The standard InChI is InChI=1S/C10H14N2O/c1-3-8-5-6-9(11-7-8)12-10(13)4-2/h5-7H,3-4H2,1-2H3,(H,11,12,13). The number of nitrogens with one attached hydrogen (secondary N) is 1. The Kier molecular flexibility index (Phi) is 3.43. The van der Waals surface area contributed by atoms with Gasteiger partial charge in [-0.1, -0.05) is 19.9 Å². The van der Waals surface area contributed by atoms with E-state index in [-0.39, 0.29) is 5.91 Å². The minimum atomic E-state index is -0.00301. The first kappa shape index (κ1) is 9.71. The van der Waals surface area contributed by atoms with E-state index < -0.39 is 0 Å². The van der Waals surface area contributed by atoms with E-state index in [0.717, 1.165) is 6.42 Å². The highest BCUT2D eigenvalue weighted by Gasteiger charge is 1.98. The first-order chi connectivity index (χ1) is 6.26. The van der Waals surface area contributed by atoms with Crippen LogP contribution in [-0.2, 0) is 11.2 Å². The number of pyridine rings is 1. The number of aryl methyl sites for hydroxylation is 1. The second kappa shape index (κ2) is 4.60. The van der Waals surface area contributed by atoms with Gasteiger partial charge in [0.1, 0.15) is 5.82 Å². The molecule has 0 saturated heterocycles. The Labute approximate surface area is 78.2 Å². The summed E-state index contributed by atoms with van der Waals surface area (Å²) in [5, 5.41) is 2.69. The average Bonchev–Trinajstić information content (AvgIpc) is 2.19. The van der Waals surface area contributed by atoms with Crippen molar-refractivity contribution in [3.05, 3.63) is 23.9 Å². The Morgan fingerprint density at radius 3 is 2.69 bits per heavy atom. The third-order valence-corrected chi connectivity index (χ3v) is 1.82. The van der Waals surface area contributed by atoms with Crippen molar-refractivity contribution in [3.8, 4) is 0 Å². The fourth-order valence-electron chi connectivity index (χ4n) is 0.939. The second-order valence-electron chi connectivity index (χ2n) is 2.81. The molecule has 0 radical (unpaired) electrons. The molecule has 0 aliphatic rings. The third kappa shape index (κ3) is 2.86. The Morgan fingerprint density at radius 2 is 2.23 bits per heavy atom. The fourth-order valence-corrected chi connectivity index (χ4v) is 0.939. The summed E-state index contributed by atoms with van der Waals surface area (Å²) in [7, 11) is 0. The number of amides is 1. The van der Waals surface area contributed by atoms with Gasteiger partial charge in [-0.3, -0.25) is 4.79 Å². The molecule has 0 bridgehead atoms. The van der Waals surface area contributed by atoms with Crippen molar-refractivity contribution in [1.82, 2.24) is 4.98 Å². The molecule has 0 aromatic carbocycles. The molecular weight excluding hydrogens is 164 g/mol. The highest BCUT2D eigenvalue weighted by atomic mass is 16.1. The van der Waals surface area contributed by atoms with Gasteiger partial charge in [0.15, 0.2) is 0 Å². The van der Waals surface area contributed by atoms with Crippen molar-refractivity contribution in [2.75, 3.05) is 5.32 Å². The van der Waals surface area contributed by atoms with Gasteiger partial charge in [-0.2, -0.15) is 0 Å². The second-order valence-corrected chi connectivity index (χ2v) is 2.81. The molecule has 70 valence electrons. The predicted octanol–water partition coefficient (Wildman–Crippen LogP) is 1.99. The van der Waals surface area contributed by atoms with Crippen molar-refractivity contribution in [2.24, 2.45) is 0 Å². The summed E-state index contributed by atoms with van der Waals surface area (Å²) in [5.74, 6) is 0.626. The lowest BCUT2D eigenvalue weighted by Gasteiger charge is -2.02. The van der Waals surface area contributed by atoms with Gasteiger partial charge in [0.25, 0.3) is 0 Å². The van der Waals surface area contributed by atoms with E-state index in [1.54, 1.807) is 6.20 Å². The van der Waals surface area contributed by atoms with Crippen molar-refractivity contribution >= 4 is 11.7 Å². The lowest BCUT2D eigenvalue weighted by molar-refractivity contribution is -0.115. The quantitative estimate of drug-likeness (QED) is 0.769. The zero-order valence-electron chi connectivity index (χ0n) is 8.00. The van der Waals surface area contributed by atoms with Crippen LogP contribution in [0.1, 0.15) is 25.8 Å². The van der Waals surface area contributed by atoms with Crippen LogP contribution in [0.25, 0.3) is 0 Å². The summed E-state index contributed by atoms with van der Waals surface area (Å²) < 4.78 is 0. The topological polar surface area (TPSA) is 42.0 Å². The molecular formula is C10H14N2O.